The van der Waals surface area contributed by atoms with Crippen molar-refractivity contribution in [2.24, 2.45) is 5.41 Å². The molecule has 1 heterocycles. The van der Waals surface area contributed by atoms with Crippen LogP contribution in [0.1, 0.15) is 47.0 Å². The predicted octanol–water partition coefficient (Wildman–Crippen LogP) is 3.04. The molecule has 1 aliphatic rings. The van der Waals surface area contributed by atoms with Gasteiger partial charge in [0.2, 0.25) is 5.91 Å². The van der Waals surface area contributed by atoms with Crippen LogP contribution in [-0.4, -0.2) is 28.8 Å². The lowest BCUT2D eigenvalue weighted by molar-refractivity contribution is -0.145. The largest absolute Gasteiger partial charge is 0.337 e. The predicted molar refractivity (Wildman–Crippen MR) is 64.1 cm³/mol. The maximum atomic E-state index is 12.3. The molecule has 1 aliphatic heterocycles. The summed E-state index contributed by atoms with van der Waals surface area (Å²) in [4.78, 5) is 14.3. The zero-order chi connectivity index (χ0) is 11.6. The van der Waals surface area contributed by atoms with Crippen molar-refractivity contribution in [2.75, 3.05) is 5.88 Å². The second-order valence-corrected chi connectivity index (χ2v) is 5.63. The molecule has 1 fully saturated rings. The van der Waals surface area contributed by atoms with Crippen LogP contribution in [0.2, 0.25) is 0 Å². The third-order valence-electron chi connectivity index (χ3n) is 3.34. The molecule has 0 radical (unpaired) electrons. The second-order valence-electron chi connectivity index (χ2n) is 5.36. The van der Waals surface area contributed by atoms with Crippen molar-refractivity contribution in [3.63, 3.8) is 0 Å². The molecule has 1 amide bonds. The number of rotatable bonds is 2. The number of carbonyl (C=O) groups is 1. The highest BCUT2D eigenvalue weighted by molar-refractivity contribution is 6.19. The Labute approximate surface area is 98.0 Å². The van der Waals surface area contributed by atoms with Crippen molar-refractivity contribution in [3.8, 4) is 0 Å². The first-order valence-electron chi connectivity index (χ1n) is 5.79. The van der Waals surface area contributed by atoms with Gasteiger partial charge in [-0.1, -0.05) is 0 Å². The van der Waals surface area contributed by atoms with Crippen LogP contribution in [0.5, 0.6) is 0 Å². The average Bonchev–Trinajstić information content (AvgIpc) is 2.17. The van der Waals surface area contributed by atoms with Crippen molar-refractivity contribution >= 4 is 17.5 Å². The van der Waals surface area contributed by atoms with Crippen LogP contribution in [0.3, 0.4) is 0 Å². The van der Waals surface area contributed by atoms with Gasteiger partial charge in [-0.05, 0) is 47.0 Å². The quantitative estimate of drug-likeness (QED) is 0.669. The Kier molecular flexibility index (Phi) is 4.05. The molecule has 2 nitrogen and oxygen atoms in total. The first-order chi connectivity index (χ1) is 6.90. The number of amides is 1. The molecule has 0 saturated carbocycles. The summed E-state index contributed by atoms with van der Waals surface area (Å²) in [7, 11) is 0. The molecule has 15 heavy (non-hydrogen) atoms. The van der Waals surface area contributed by atoms with Gasteiger partial charge >= 0.3 is 0 Å². The van der Waals surface area contributed by atoms with E-state index in [9.17, 15) is 4.79 Å². The first-order valence-corrected chi connectivity index (χ1v) is 6.32. The van der Waals surface area contributed by atoms with Crippen LogP contribution < -0.4 is 0 Å². The summed E-state index contributed by atoms with van der Waals surface area (Å²) in [6.07, 6.45) is 3.47. The van der Waals surface area contributed by atoms with E-state index in [1.807, 2.05) is 18.7 Å². The standard InChI is InChI=1S/C12H22ClNO/c1-9-6-5-7-10(2)14(9)11(15)12(3,4)8-13/h9-10H,5-8H2,1-4H3/t9-,10+. The Morgan fingerprint density at radius 2 is 1.80 bits per heavy atom. The molecular formula is C12H22ClNO. The number of alkyl halides is 1. The molecule has 0 aromatic heterocycles. The maximum Gasteiger partial charge on any atom is 0.229 e. The van der Waals surface area contributed by atoms with Crippen LogP contribution in [-0.2, 0) is 4.79 Å². The lowest BCUT2D eigenvalue weighted by Crippen LogP contribution is -2.52. The lowest BCUT2D eigenvalue weighted by atomic mass is 9.89. The van der Waals surface area contributed by atoms with Gasteiger partial charge in [-0.3, -0.25) is 4.79 Å². The summed E-state index contributed by atoms with van der Waals surface area (Å²) in [6.45, 7) is 8.13. The fourth-order valence-corrected chi connectivity index (χ4v) is 2.34. The van der Waals surface area contributed by atoms with E-state index in [1.165, 1.54) is 6.42 Å². The number of halogens is 1. The van der Waals surface area contributed by atoms with Gasteiger partial charge in [0.05, 0.1) is 5.41 Å². The van der Waals surface area contributed by atoms with Crippen molar-refractivity contribution in [3.05, 3.63) is 0 Å². The van der Waals surface area contributed by atoms with Crippen LogP contribution in [0, 0.1) is 5.41 Å². The molecule has 0 unspecified atom stereocenters. The van der Waals surface area contributed by atoms with Crippen LogP contribution >= 0.6 is 11.6 Å². The van der Waals surface area contributed by atoms with E-state index in [0.29, 0.717) is 18.0 Å². The van der Waals surface area contributed by atoms with Gasteiger partial charge in [0, 0.05) is 18.0 Å². The zero-order valence-corrected chi connectivity index (χ0v) is 11.0. The van der Waals surface area contributed by atoms with E-state index in [-0.39, 0.29) is 5.91 Å². The van der Waals surface area contributed by atoms with Gasteiger partial charge in [0.15, 0.2) is 0 Å². The third-order valence-corrected chi connectivity index (χ3v) is 4.01. The highest BCUT2D eigenvalue weighted by Crippen LogP contribution is 2.29. The number of likely N-dealkylation sites (tertiary alicyclic amines) is 1. The minimum atomic E-state index is -0.429. The Morgan fingerprint density at radius 3 is 2.20 bits per heavy atom. The fourth-order valence-electron chi connectivity index (χ4n) is 2.23. The number of hydrogen-bond acceptors (Lipinski definition) is 1. The maximum absolute atomic E-state index is 12.3. The summed E-state index contributed by atoms with van der Waals surface area (Å²) < 4.78 is 0. The molecule has 0 bridgehead atoms. The molecular weight excluding hydrogens is 210 g/mol. The van der Waals surface area contributed by atoms with E-state index >= 15 is 0 Å². The molecule has 0 aromatic rings. The Bertz CT molecular complexity index is 230. The number of carbonyl (C=O) groups excluding carboxylic acids is 1. The van der Waals surface area contributed by atoms with Gasteiger partial charge in [-0.2, -0.15) is 0 Å². The average molecular weight is 232 g/mol. The van der Waals surface area contributed by atoms with Crippen molar-refractivity contribution in [1.82, 2.24) is 4.90 Å². The summed E-state index contributed by atoms with van der Waals surface area (Å²) in [5.41, 5.74) is -0.429. The van der Waals surface area contributed by atoms with Gasteiger partial charge in [-0.25, -0.2) is 0 Å². The Morgan fingerprint density at radius 1 is 1.33 bits per heavy atom. The van der Waals surface area contributed by atoms with Gasteiger partial charge < -0.3 is 4.90 Å². The minimum Gasteiger partial charge on any atom is -0.337 e. The zero-order valence-electron chi connectivity index (χ0n) is 10.2. The minimum absolute atomic E-state index is 0.206. The summed E-state index contributed by atoms with van der Waals surface area (Å²) in [6, 6.07) is 0.729. The Hall–Kier alpha value is -0.240. The van der Waals surface area contributed by atoms with E-state index in [0.717, 1.165) is 12.8 Å². The van der Waals surface area contributed by atoms with Crippen molar-refractivity contribution in [1.29, 1.82) is 0 Å². The fraction of sp³-hybridized carbons (Fsp3) is 0.917. The summed E-state index contributed by atoms with van der Waals surface area (Å²) in [5, 5.41) is 0. The highest BCUT2D eigenvalue weighted by atomic mass is 35.5. The first kappa shape index (κ1) is 12.8. The smallest absolute Gasteiger partial charge is 0.229 e. The molecule has 0 aromatic carbocycles. The van der Waals surface area contributed by atoms with E-state index in [4.69, 9.17) is 11.6 Å². The Balaban J connectivity index is 2.80. The van der Waals surface area contributed by atoms with Crippen LogP contribution in [0.25, 0.3) is 0 Å². The molecule has 88 valence electrons. The molecule has 0 aliphatic carbocycles. The number of piperidine rings is 1. The lowest BCUT2D eigenvalue weighted by Gasteiger charge is -2.42. The highest BCUT2D eigenvalue weighted by Gasteiger charge is 2.37. The van der Waals surface area contributed by atoms with Crippen LogP contribution in [0.15, 0.2) is 0 Å². The van der Waals surface area contributed by atoms with Crippen molar-refractivity contribution in [2.45, 2.75) is 59.0 Å². The monoisotopic (exact) mass is 231 g/mol. The van der Waals surface area contributed by atoms with E-state index in [2.05, 4.69) is 13.8 Å². The van der Waals surface area contributed by atoms with Gasteiger partial charge in [-0.15, -0.1) is 11.6 Å². The van der Waals surface area contributed by atoms with Crippen molar-refractivity contribution < 1.29 is 4.79 Å². The summed E-state index contributed by atoms with van der Waals surface area (Å²) >= 11 is 5.86. The topological polar surface area (TPSA) is 20.3 Å². The SMILES string of the molecule is C[C@@H]1CCC[C@H](C)N1C(=O)C(C)(C)CCl. The second kappa shape index (κ2) is 4.73. The van der Waals surface area contributed by atoms with Gasteiger partial charge in [0.1, 0.15) is 0 Å². The molecule has 3 heteroatoms. The normalized spacial score (nSPS) is 27.9. The molecule has 0 N–H and O–H groups in total. The number of nitrogens with zero attached hydrogens (tertiary/aromatic N) is 1. The van der Waals surface area contributed by atoms with E-state index < -0.39 is 5.41 Å². The van der Waals surface area contributed by atoms with E-state index in [1.54, 1.807) is 0 Å². The molecule has 1 rings (SSSR count). The number of hydrogen-bond donors (Lipinski definition) is 0. The van der Waals surface area contributed by atoms with Gasteiger partial charge in [0.25, 0.3) is 0 Å². The van der Waals surface area contributed by atoms with Crippen LogP contribution in [0.4, 0.5) is 0 Å². The molecule has 0 spiro atoms. The third kappa shape index (κ3) is 2.66. The summed E-state index contributed by atoms with van der Waals surface area (Å²) in [5.74, 6) is 0.596. The molecule has 2 atom stereocenters. The molecule has 1 saturated heterocycles.